The first-order valence-corrected chi connectivity index (χ1v) is 20.4. The molecule has 7 heterocycles. The van der Waals surface area contributed by atoms with Gasteiger partial charge in [-0.2, -0.15) is 0 Å². The van der Waals surface area contributed by atoms with Crippen molar-refractivity contribution in [2.75, 3.05) is 62.6 Å². The molecule has 2 aromatic carbocycles. The van der Waals surface area contributed by atoms with Gasteiger partial charge in [0.1, 0.15) is 11.9 Å². The van der Waals surface area contributed by atoms with Crippen LogP contribution in [0.25, 0.3) is 32.9 Å². The molecule has 55 heavy (non-hydrogen) atoms. The lowest BCUT2D eigenvalue weighted by molar-refractivity contribution is -0.135. The topological polar surface area (TPSA) is 114 Å². The standard InChI is InChI=1S/C42H49ClFN9O2/c43-34-22-46-42(49-40(34)33-21-45-36-4-2-1-3-32(33)36)47-31-12-16-51(26-31)15-9-27-7-13-50(14-8-27)23-28-10-17-52(18-11-28)38-20-30-25-53(24-29(30)19-35(38)44)37-5-6-39(54)48-41(37)55/h1-4,19-22,24-25,27-28,31,37,45H,5-18,23,26H2,(H,46,47,49)(H,48,54,55)/t31-,37?/m1/s1. The highest BCUT2D eigenvalue weighted by Crippen LogP contribution is 2.34. The molecule has 288 valence electrons. The van der Waals surface area contributed by atoms with Crippen molar-refractivity contribution in [1.29, 1.82) is 0 Å². The minimum atomic E-state index is -0.442. The Hall–Kier alpha value is -4.52. The van der Waals surface area contributed by atoms with Crippen LogP contribution in [0.1, 0.15) is 57.4 Å². The summed E-state index contributed by atoms with van der Waals surface area (Å²) in [6.45, 7) is 8.37. The van der Waals surface area contributed by atoms with Crippen molar-refractivity contribution >= 4 is 56.7 Å². The fraction of sp³-hybridized carbons (Fsp3) is 0.476. The van der Waals surface area contributed by atoms with Crippen LogP contribution in [0.2, 0.25) is 5.02 Å². The number of aromatic amines is 1. The van der Waals surface area contributed by atoms with Gasteiger partial charge in [0.25, 0.3) is 0 Å². The zero-order valence-electron chi connectivity index (χ0n) is 31.2. The average Bonchev–Trinajstić information content (AvgIpc) is 3.94. The van der Waals surface area contributed by atoms with E-state index in [9.17, 15) is 9.59 Å². The number of hydrogen-bond donors (Lipinski definition) is 3. The van der Waals surface area contributed by atoms with E-state index in [-0.39, 0.29) is 17.6 Å². The number of para-hydroxylation sites is 1. The molecule has 0 aliphatic carbocycles. The maximum atomic E-state index is 15.4. The van der Waals surface area contributed by atoms with Crippen molar-refractivity contribution in [2.45, 2.75) is 63.5 Å². The second-order valence-corrected chi connectivity index (χ2v) is 16.5. The number of fused-ring (bicyclic) bond motifs is 2. The number of anilines is 2. The van der Waals surface area contributed by atoms with Crippen molar-refractivity contribution < 1.29 is 14.0 Å². The van der Waals surface area contributed by atoms with Crippen LogP contribution in [-0.4, -0.2) is 99.5 Å². The van der Waals surface area contributed by atoms with Crippen molar-refractivity contribution in [3.63, 3.8) is 0 Å². The Balaban J connectivity index is 0.704. The number of carbonyl (C=O) groups is 2. The van der Waals surface area contributed by atoms with Crippen LogP contribution in [0.15, 0.2) is 61.2 Å². The molecule has 5 aromatic rings. The monoisotopic (exact) mass is 765 g/mol. The maximum absolute atomic E-state index is 15.4. The van der Waals surface area contributed by atoms with Gasteiger partial charge in [0.05, 0.1) is 22.6 Å². The van der Waals surface area contributed by atoms with Crippen LogP contribution < -0.4 is 15.5 Å². The zero-order valence-corrected chi connectivity index (χ0v) is 31.9. The van der Waals surface area contributed by atoms with Crippen molar-refractivity contribution in [2.24, 2.45) is 11.8 Å². The predicted octanol–water partition coefficient (Wildman–Crippen LogP) is 6.85. The van der Waals surface area contributed by atoms with E-state index in [2.05, 4.69) is 47.4 Å². The van der Waals surface area contributed by atoms with Gasteiger partial charge in [0.15, 0.2) is 0 Å². The summed E-state index contributed by atoms with van der Waals surface area (Å²) in [5, 5.41) is 9.33. The Bertz CT molecular complexity index is 2190. The molecule has 3 aromatic heterocycles. The molecule has 0 spiro atoms. The molecular weight excluding hydrogens is 717 g/mol. The molecular formula is C42H49ClFN9O2. The molecule has 13 heteroatoms. The van der Waals surface area contributed by atoms with Gasteiger partial charge in [0, 0.05) is 91.0 Å². The fourth-order valence-electron chi connectivity index (χ4n) is 9.34. The number of benzene rings is 2. The number of hydrogen-bond acceptors (Lipinski definition) is 8. The highest BCUT2D eigenvalue weighted by Gasteiger charge is 2.30. The zero-order chi connectivity index (χ0) is 37.5. The molecule has 9 rings (SSSR count). The Kier molecular flexibility index (Phi) is 10.2. The lowest BCUT2D eigenvalue weighted by Gasteiger charge is -2.38. The van der Waals surface area contributed by atoms with Gasteiger partial charge in [0.2, 0.25) is 17.8 Å². The molecule has 4 aliphatic heterocycles. The van der Waals surface area contributed by atoms with E-state index in [1.54, 1.807) is 12.3 Å². The van der Waals surface area contributed by atoms with Gasteiger partial charge in [-0.3, -0.25) is 14.9 Å². The summed E-state index contributed by atoms with van der Waals surface area (Å²) in [7, 11) is 0. The quantitative estimate of drug-likeness (QED) is 0.132. The summed E-state index contributed by atoms with van der Waals surface area (Å²) in [4.78, 5) is 44.1. The van der Waals surface area contributed by atoms with Crippen molar-refractivity contribution in [3.05, 3.63) is 72.0 Å². The molecule has 0 saturated carbocycles. The van der Waals surface area contributed by atoms with Gasteiger partial charge in [-0.25, -0.2) is 14.4 Å². The molecule has 0 bridgehead atoms. The van der Waals surface area contributed by atoms with Gasteiger partial charge in [-0.1, -0.05) is 29.8 Å². The molecule has 0 radical (unpaired) electrons. The number of rotatable bonds is 10. The van der Waals surface area contributed by atoms with Crippen LogP contribution >= 0.6 is 11.6 Å². The third-order valence-electron chi connectivity index (χ3n) is 12.5. The van der Waals surface area contributed by atoms with Gasteiger partial charge in [-0.15, -0.1) is 0 Å². The number of carbonyl (C=O) groups excluding carboxylic acids is 2. The highest BCUT2D eigenvalue weighted by molar-refractivity contribution is 6.33. The minimum Gasteiger partial charge on any atom is -0.369 e. The number of H-pyrrole nitrogens is 1. The summed E-state index contributed by atoms with van der Waals surface area (Å²) in [5.41, 5.74) is 3.43. The number of imide groups is 1. The number of aromatic nitrogens is 4. The number of nitrogens with one attached hydrogen (secondary N) is 3. The summed E-state index contributed by atoms with van der Waals surface area (Å²) in [6, 6.07) is 11.6. The molecule has 1 unspecified atom stereocenters. The first kappa shape index (κ1) is 36.1. The van der Waals surface area contributed by atoms with Gasteiger partial charge in [-0.05, 0) is 94.6 Å². The van der Waals surface area contributed by atoms with Gasteiger partial charge >= 0.3 is 0 Å². The van der Waals surface area contributed by atoms with Crippen LogP contribution in [0, 0.1) is 17.7 Å². The molecule has 11 nitrogen and oxygen atoms in total. The average molecular weight is 766 g/mol. The van der Waals surface area contributed by atoms with E-state index in [1.807, 2.05) is 41.4 Å². The van der Waals surface area contributed by atoms with E-state index in [1.165, 1.54) is 19.3 Å². The Morgan fingerprint density at radius 2 is 1.67 bits per heavy atom. The number of piperidine rings is 3. The normalized spacial score (nSPS) is 22.3. The third kappa shape index (κ3) is 7.81. The minimum absolute atomic E-state index is 0.221. The van der Waals surface area contributed by atoms with Gasteiger partial charge < -0.3 is 29.6 Å². The summed E-state index contributed by atoms with van der Waals surface area (Å²) in [6.07, 6.45) is 15.1. The highest BCUT2D eigenvalue weighted by atomic mass is 35.5. The van der Waals surface area contributed by atoms with Crippen LogP contribution in [0.5, 0.6) is 0 Å². The van der Waals surface area contributed by atoms with E-state index in [0.29, 0.717) is 41.5 Å². The smallest absolute Gasteiger partial charge is 0.249 e. The second kappa shape index (κ2) is 15.5. The third-order valence-corrected chi connectivity index (χ3v) is 12.8. The van der Waals surface area contributed by atoms with E-state index in [4.69, 9.17) is 16.6 Å². The lowest BCUT2D eigenvalue weighted by Crippen LogP contribution is -2.42. The summed E-state index contributed by atoms with van der Waals surface area (Å²) in [5.74, 6) is 1.27. The van der Waals surface area contributed by atoms with Crippen molar-refractivity contribution in [3.8, 4) is 11.3 Å². The van der Waals surface area contributed by atoms with E-state index >= 15 is 4.39 Å². The molecule has 2 amide bonds. The Morgan fingerprint density at radius 1 is 0.909 bits per heavy atom. The summed E-state index contributed by atoms with van der Waals surface area (Å²) >= 11 is 6.56. The molecule has 4 fully saturated rings. The SMILES string of the molecule is O=C1CCC(n2cc3cc(F)c(N4CCC(CN5CCC(CCN6CC[C@@H](Nc7ncc(Cl)c(-c8c[nH]c9ccccc89)n7)C6)CC5)CC4)cc3c2)C(=O)N1. The predicted molar refractivity (Wildman–Crippen MR) is 215 cm³/mol. The first-order chi connectivity index (χ1) is 26.8. The molecule has 4 aliphatic rings. The Morgan fingerprint density at radius 3 is 2.49 bits per heavy atom. The van der Waals surface area contributed by atoms with Crippen LogP contribution in [-0.2, 0) is 9.59 Å². The van der Waals surface area contributed by atoms with Crippen LogP contribution in [0.4, 0.5) is 16.0 Å². The number of amides is 2. The lowest BCUT2D eigenvalue weighted by atomic mass is 9.91. The fourth-order valence-corrected chi connectivity index (χ4v) is 9.53. The van der Waals surface area contributed by atoms with Crippen molar-refractivity contribution in [1.82, 2.24) is 34.6 Å². The molecule has 3 N–H and O–H groups in total. The molecule has 4 saturated heterocycles. The Labute approximate surface area is 325 Å². The van der Waals surface area contributed by atoms with E-state index < -0.39 is 6.04 Å². The first-order valence-electron chi connectivity index (χ1n) is 20.0. The molecule has 2 atom stereocenters. The number of halogens is 2. The summed E-state index contributed by atoms with van der Waals surface area (Å²) < 4.78 is 17.2. The largest absolute Gasteiger partial charge is 0.369 e. The number of likely N-dealkylation sites (tertiary alicyclic amines) is 2. The van der Waals surface area contributed by atoms with E-state index in [0.717, 1.165) is 110 Å². The number of nitrogens with zero attached hydrogens (tertiary/aromatic N) is 6. The van der Waals surface area contributed by atoms with Crippen LogP contribution in [0.3, 0.4) is 0 Å². The second-order valence-electron chi connectivity index (χ2n) is 16.1. The maximum Gasteiger partial charge on any atom is 0.249 e.